The van der Waals surface area contributed by atoms with Crippen LogP contribution in [0.3, 0.4) is 0 Å². The van der Waals surface area contributed by atoms with E-state index < -0.39 is 6.85 Å². The number of aryl methyl sites for hydroxylation is 3. The number of fused-ring (bicyclic) bond motifs is 1. The van der Waals surface area contributed by atoms with Crippen LogP contribution in [-0.2, 0) is 5.41 Å². The molecule has 0 spiro atoms. The van der Waals surface area contributed by atoms with Crippen LogP contribution < -0.4 is 0 Å². The zero-order valence-corrected chi connectivity index (χ0v) is 34.0. The maximum absolute atomic E-state index is 11.8. The molecule has 7 aromatic carbocycles. The van der Waals surface area contributed by atoms with E-state index in [4.69, 9.17) is 14.1 Å². The maximum atomic E-state index is 11.8. The molecule has 1 N–H and O–H groups in total. The average molecular weight is 769 g/mol. The number of rotatable bonds is 7. The summed E-state index contributed by atoms with van der Waals surface area (Å²) in [5.41, 5.74) is 16.3. The highest BCUT2D eigenvalue weighted by Crippen LogP contribution is 2.43. The lowest BCUT2D eigenvalue weighted by Gasteiger charge is -2.26. The number of aromatic hydroxyl groups is 1. The van der Waals surface area contributed by atoms with Crippen LogP contribution in [0.5, 0.6) is 5.75 Å². The highest BCUT2D eigenvalue weighted by molar-refractivity contribution is 5.98. The van der Waals surface area contributed by atoms with Crippen molar-refractivity contribution in [3.05, 3.63) is 192 Å². The first-order valence-electron chi connectivity index (χ1n) is 21.5. The van der Waals surface area contributed by atoms with E-state index in [0.29, 0.717) is 17.0 Å². The lowest BCUT2D eigenvalue weighted by Crippen LogP contribution is -2.16. The molecule has 4 nitrogen and oxygen atoms in total. The van der Waals surface area contributed by atoms with E-state index in [-0.39, 0.29) is 11.2 Å². The molecule has 2 heterocycles. The second kappa shape index (κ2) is 15.0. The number of aromatic nitrogens is 3. The molecule has 0 saturated heterocycles. The topological polar surface area (TPSA) is 50.9 Å². The van der Waals surface area contributed by atoms with E-state index in [1.165, 1.54) is 0 Å². The minimum atomic E-state index is -2.17. The van der Waals surface area contributed by atoms with Crippen LogP contribution in [0.4, 0.5) is 0 Å². The fourth-order valence-electron chi connectivity index (χ4n) is 8.19. The Morgan fingerprint density at radius 1 is 0.542 bits per heavy atom. The van der Waals surface area contributed by atoms with E-state index in [2.05, 4.69) is 129 Å². The third kappa shape index (κ3) is 7.23. The molecule has 0 aliphatic heterocycles. The highest BCUT2D eigenvalue weighted by atomic mass is 16.3. The van der Waals surface area contributed by atoms with E-state index >= 15 is 0 Å². The van der Waals surface area contributed by atoms with Crippen molar-refractivity contribution in [2.45, 2.75) is 46.9 Å². The fraction of sp³-hybridized carbons (Fsp3) is 0.127. The van der Waals surface area contributed by atoms with Crippen LogP contribution in [0, 0.1) is 20.7 Å². The van der Waals surface area contributed by atoms with Gasteiger partial charge in [0, 0.05) is 21.4 Å². The van der Waals surface area contributed by atoms with Crippen LogP contribution in [0.15, 0.2) is 170 Å². The smallest absolute Gasteiger partial charge is 0.149 e. The van der Waals surface area contributed by atoms with Crippen molar-refractivity contribution >= 4 is 11.0 Å². The minimum absolute atomic E-state index is 0.208. The Morgan fingerprint density at radius 3 is 1.90 bits per heavy atom. The molecule has 0 aliphatic carbocycles. The van der Waals surface area contributed by atoms with Crippen LogP contribution >= 0.6 is 0 Å². The molecule has 0 radical (unpaired) electrons. The van der Waals surface area contributed by atoms with Gasteiger partial charge in [0.25, 0.3) is 0 Å². The first-order chi connectivity index (χ1) is 29.7. The van der Waals surface area contributed by atoms with Gasteiger partial charge >= 0.3 is 0 Å². The van der Waals surface area contributed by atoms with Gasteiger partial charge < -0.3 is 5.11 Å². The summed E-state index contributed by atoms with van der Waals surface area (Å²) in [7, 11) is 0. The van der Waals surface area contributed by atoms with Gasteiger partial charge in [0.2, 0.25) is 0 Å². The third-order valence-electron chi connectivity index (χ3n) is 11.1. The van der Waals surface area contributed by atoms with E-state index in [0.717, 1.165) is 89.2 Å². The number of benzene rings is 7. The van der Waals surface area contributed by atoms with Crippen LogP contribution in [-0.4, -0.2) is 19.6 Å². The molecule has 0 unspecified atom stereocenters. The van der Waals surface area contributed by atoms with Gasteiger partial charge in [-0.2, -0.15) is 0 Å². The van der Waals surface area contributed by atoms with Gasteiger partial charge in [-0.1, -0.05) is 136 Å². The molecule has 9 rings (SSSR count). The second-order valence-electron chi connectivity index (χ2n) is 16.4. The monoisotopic (exact) mass is 768 g/mol. The Balaban J connectivity index is 1.28. The molecular weight excluding hydrogens is 719 g/mol. The molecule has 0 bridgehead atoms. The summed E-state index contributed by atoms with van der Waals surface area (Å²) in [4.78, 5) is 10.4. The maximum Gasteiger partial charge on any atom is 0.149 e. The SMILES string of the molecule is [2H]C([2H])([2H])c1ccc(-c2ccnc(-c3cc(-c4ccccc4)cc(-c4cccc5c4nc(-c4cc(C)cc(C)c4O)n5-c4ccc(-c5ccccc5)cc4C(C)(C)C)c3)c2)cc1. The summed E-state index contributed by atoms with van der Waals surface area (Å²) in [6.07, 6.45) is 1.80. The quantitative estimate of drug-likeness (QED) is 0.176. The van der Waals surface area contributed by atoms with Crippen molar-refractivity contribution in [2.75, 3.05) is 0 Å². The number of imidazole rings is 1. The minimum Gasteiger partial charge on any atom is -0.507 e. The normalized spacial score (nSPS) is 12.6. The lowest BCUT2D eigenvalue weighted by atomic mass is 9.83. The largest absolute Gasteiger partial charge is 0.507 e. The van der Waals surface area contributed by atoms with E-state index in [1.807, 2.05) is 61.5 Å². The number of hydrogen-bond acceptors (Lipinski definition) is 3. The van der Waals surface area contributed by atoms with Gasteiger partial charge in [0.05, 0.1) is 28.0 Å². The molecule has 0 saturated carbocycles. The van der Waals surface area contributed by atoms with Gasteiger partial charge in [-0.3, -0.25) is 9.55 Å². The second-order valence-corrected chi connectivity index (χ2v) is 16.4. The summed E-state index contributed by atoms with van der Waals surface area (Å²) in [6.45, 7) is 8.54. The van der Waals surface area contributed by atoms with Crippen LogP contribution in [0.2, 0.25) is 0 Å². The zero-order chi connectivity index (χ0) is 43.3. The van der Waals surface area contributed by atoms with Crippen molar-refractivity contribution < 1.29 is 9.22 Å². The van der Waals surface area contributed by atoms with Gasteiger partial charge in [-0.15, -0.1) is 0 Å². The predicted molar refractivity (Wildman–Crippen MR) is 246 cm³/mol. The summed E-state index contributed by atoms with van der Waals surface area (Å²) in [6, 6.07) is 55.5. The molecule has 59 heavy (non-hydrogen) atoms. The number of para-hydroxylation sites is 1. The summed E-state index contributed by atoms with van der Waals surface area (Å²) in [5, 5.41) is 11.8. The Labute approximate surface area is 351 Å². The van der Waals surface area contributed by atoms with Crippen LogP contribution in [0.25, 0.3) is 83.9 Å². The van der Waals surface area contributed by atoms with Gasteiger partial charge in [-0.05, 0) is 136 Å². The number of phenols is 1. The molecule has 0 atom stereocenters. The summed E-state index contributed by atoms with van der Waals surface area (Å²) in [5.74, 6) is 0.868. The Hall–Kier alpha value is -7.04. The summed E-state index contributed by atoms with van der Waals surface area (Å²) >= 11 is 0. The number of hydrogen-bond donors (Lipinski definition) is 1. The molecule has 0 aliphatic rings. The first kappa shape index (κ1) is 34.0. The molecular formula is C55H47N3O. The van der Waals surface area contributed by atoms with Gasteiger partial charge in [-0.25, -0.2) is 4.98 Å². The number of pyridine rings is 1. The molecule has 0 fully saturated rings. The van der Waals surface area contributed by atoms with Crippen molar-refractivity contribution in [3.63, 3.8) is 0 Å². The van der Waals surface area contributed by atoms with Crippen LogP contribution in [0.1, 0.15) is 47.1 Å². The standard InChI is InChI=1S/C55H47N3O/c1-35-20-22-40(23-21-35)42-26-27-56-49(34-42)45-31-43(39-16-11-8-12-17-39)30-44(32-45)46-18-13-19-51-52(46)57-54(47-29-36(2)28-37(3)53(47)59)58(51)50-25-24-41(33-48(50)55(4,5)6)38-14-9-7-10-15-38/h7-34,59H,1-6H3/i1D3. The van der Waals surface area contributed by atoms with Crippen molar-refractivity contribution in [3.8, 4) is 78.6 Å². The fourth-order valence-corrected chi connectivity index (χ4v) is 8.19. The van der Waals surface area contributed by atoms with Gasteiger partial charge in [0.15, 0.2) is 0 Å². The Kier molecular flexibility index (Phi) is 8.68. The molecule has 2 aromatic heterocycles. The van der Waals surface area contributed by atoms with E-state index in [9.17, 15) is 5.11 Å². The highest BCUT2D eigenvalue weighted by Gasteiger charge is 2.26. The Bertz CT molecular complexity index is 3110. The predicted octanol–water partition coefficient (Wildman–Crippen LogP) is 14.4. The average Bonchev–Trinajstić information content (AvgIpc) is 3.67. The molecule has 288 valence electrons. The van der Waals surface area contributed by atoms with E-state index in [1.54, 1.807) is 18.3 Å². The molecule has 9 aromatic rings. The third-order valence-corrected chi connectivity index (χ3v) is 11.1. The van der Waals surface area contributed by atoms with Crippen molar-refractivity contribution in [2.24, 2.45) is 0 Å². The van der Waals surface area contributed by atoms with Crippen molar-refractivity contribution in [1.29, 1.82) is 0 Å². The van der Waals surface area contributed by atoms with Gasteiger partial charge in [0.1, 0.15) is 11.6 Å². The number of phenolic OH excluding ortho intramolecular Hbond substituents is 1. The Morgan fingerprint density at radius 2 is 1.19 bits per heavy atom. The molecule has 4 heteroatoms. The first-order valence-corrected chi connectivity index (χ1v) is 20.0. The summed E-state index contributed by atoms with van der Waals surface area (Å²) < 4.78 is 25.7. The number of nitrogens with zero attached hydrogens (tertiary/aromatic N) is 3. The van der Waals surface area contributed by atoms with Crippen molar-refractivity contribution in [1.82, 2.24) is 14.5 Å². The zero-order valence-electron chi connectivity index (χ0n) is 37.0. The molecule has 0 amide bonds. The lowest BCUT2D eigenvalue weighted by molar-refractivity contribution is 0.472.